The molecule has 1 unspecified atom stereocenters. The average molecular weight is 359 g/mol. The fourth-order valence-electron chi connectivity index (χ4n) is 5.74. The first-order valence-corrected chi connectivity index (χ1v) is 9.78. The van der Waals surface area contributed by atoms with Crippen LogP contribution in [0.15, 0.2) is 22.8 Å². The van der Waals surface area contributed by atoms with Gasteiger partial charge in [0.25, 0.3) is 0 Å². The summed E-state index contributed by atoms with van der Waals surface area (Å²) in [7, 11) is 1.85. The second kappa shape index (κ2) is 6.72. The Bertz CT molecular complexity index is 635. The summed E-state index contributed by atoms with van der Waals surface area (Å²) in [5, 5.41) is 5.74. The van der Waals surface area contributed by atoms with Crippen LogP contribution in [0.2, 0.25) is 0 Å². The summed E-state index contributed by atoms with van der Waals surface area (Å²) in [6.45, 7) is 2.33. The van der Waals surface area contributed by atoms with Gasteiger partial charge in [0.2, 0.25) is 5.91 Å². The standard InChI is InChI=1S/C20H29N3O3/c1-13(23(2)12-17-4-3-5-26-17)18(24)21-19(25)22-20-9-14-6-15(10-20)8-16(7-14)11-20/h3-5,13-16H,6-12H2,1-2H3,(H2,21,22,24,25). The van der Waals surface area contributed by atoms with Crippen molar-refractivity contribution < 1.29 is 14.0 Å². The number of carbonyl (C=O) groups is 2. The van der Waals surface area contributed by atoms with Crippen molar-refractivity contribution in [1.29, 1.82) is 0 Å². The van der Waals surface area contributed by atoms with Gasteiger partial charge in [-0.3, -0.25) is 15.0 Å². The molecule has 3 amide bonds. The molecular formula is C20H29N3O3. The van der Waals surface area contributed by atoms with Gasteiger partial charge in [0.05, 0.1) is 18.8 Å². The molecule has 4 bridgehead atoms. The van der Waals surface area contributed by atoms with Crippen molar-refractivity contribution in [2.45, 2.75) is 63.6 Å². The lowest BCUT2D eigenvalue weighted by atomic mass is 9.53. The maximum Gasteiger partial charge on any atom is 0.321 e. The lowest BCUT2D eigenvalue weighted by Crippen LogP contribution is -2.62. The Balaban J connectivity index is 1.31. The molecule has 6 heteroatoms. The number of hydrogen-bond acceptors (Lipinski definition) is 4. The summed E-state index contributed by atoms with van der Waals surface area (Å²) in [6.07, 6.45) is 8.84. The Labute approximate surface area is 154 Å². The van der Waals surface area contributed by atoms with Crippen LogP contribution >= 0.6 is 0 Å². The largest absolute Gasteiger partial charge is 0.468 e. The lowest BCUT2D eigenvalue weighted by Gasteiger charge is -2.56. The number of urea groups is 1. The van der Waals surface area contributed by atoms with Crippen molar-refractivity contribution in [3.05, 3.63) is 24.2 Å². The first-order chi connectivity index (χ1) is 12.4. The number of amides is 3. The van der Waals surface area contributed by atoms with Gasteiger partial charge in [0.1, 0.15) is 5.76 Å². The Morgan fingerprint density at radius 1 is 1.23 bits per heavy atom. The Hall–Kier alpha value is -1.82. The number of carbonyl (C=O) groups excluding carboxylic acids is 2. The molecule has 142 valence electrons. The van der Waals surface area contributed by atoms with Crippen LogP contribution in [-0.2, 0) is 11.3 Å². The molecule has 1 aromatic heterocycles. The summed E-state index contributed by atoms with van der Waals surface area (Å²) < 4.78 is 5.32. The summed E-state index contributed by atoms with van der Waals surface area (Å²) >= 11 is 0. The van der Waals surface area contributed by atoms with Crippen LogP contribution in [0.1, 0.15) is 51.2 Å². The van der Waals surface area contributed by atoms with E-state index in [1.807, 2.05) is 24.1 Å². The van der Waals surface area contributed by atoms with Gasteiger partial charge in [0.15, 0.2) is 0 Å². The molecule has 0 spiro atoms. The van der Waals surface area contributed by atoms with Gasteiger partial charge in [-0.2, -0.15) is 0 Å². The first kappa shape index (κ1) is 17.6. The summed E-state index contributed by atoms with van der Waals surface area (Å²) in [5.74, 6) is 2.80. The lowest BCUT2D eigenvalue weighted by molar-refractivity contribution is -0.124. The predicted molar refractivity (Wildman–Crippen MR) is 97.2 cm³/mol. The number of likely N-dealkylation sites (N-methyl/N-ethyl adjacent to an activating group) is 1. The Morgan fingerprint density at radius 2 is 1.85 bits per heavy atom. The zero-order valence-electron chi connectivity index (χ0n) is 15.7. The van der Waals surface area contributed by atoms with Crippen LogP contribution in [-0.4, -0.2) is 35.5 Å². The van der Waals surface area contributed by atoms with Crippen molar-refractivity contribution in [2.75, 3.05) is 7.05 Å². The minimum atomic E-state index is -0.415. The normalized spacial score (nSPS) is 33.3. The number of imide groups is 1. The van der Waals surface area contributed by atoms with Crippen molar-refractivity contribution in [2.24, 2.45) is 17.8 Å². The fraction of sp³-hybridized carbons (Fsp3) is 0.700. The molecule has 0 aromatic carbocycles. The summed E-state index contributed by atoms with van der Waals surface area (Å²) in [6, 6.07) is 2.95. The zero-order chi connectivity index (χ0) is 18.3. The van der Waals surface area contributed by atoms with Crippen molar-refractivity contribution in [3.63, 3.8) is 0 Å². The van der Waals surface area contributed by atoms with E-state index in [9.17, 15) is 9.59 Å². The molecule has 0 saturated heterocycles. The molecule has 5 rings (SSSR count). The van der Waals surface area contributed by atoms with Crippen molar-refractivity contribution >= 4 is 11.9 Å². The number of hydrogen-bond donors (Lipinski definition) is 2. The van der Waals surface area contributed by atoms with E-state index in [1.165, 1.54) is 19.3 Å². The maximum atomic E-state index is 12.5. The highest BCUT2D eigenvalue weighted by molar-refractivity contribution is 5.97. The smallest absolute Gasteiger partial charge is 0.321 e. The molecule has 6 nitrogen and oxygen atoms in total. The van der Waals surface area contributed by atoms with Gasteiger partial charge in [-0.1, -0.05) is 0 Å². The summed E-state index contributed by atoms with van der Waals surface area (Å²) in [5.41, 5.74) is -0.0809. The van der Waals surface area contributed by atoms with E-state index in [4.69, 9.17) is 4.42 Å². The molecule has 26 heavy (non-hydrogen) atoms. The number of nitrogens with zero attached hydrogens (tertiary/aromatic N) is 1. The number of rotatable bonds is 5. The van der Waals surface area contributed by atoms with Gasteiger partial charge in [-0.05, 0) is 82.4 Å². The van der Waals surface area contributed by atoms with Gasteiger partial charge in [-0.25, -0.2) is 4.79 Å². The molecule has 4 fully saturated rings. The van der Waals surface area contributed by atoms with Crippen LogP contribution in [0.4, 0.5) is 4.79 Å². The zero-order valence-corrected chi connectivity index (χ0v) is 15.7. The van der Waals surface area contributed by atoms with E-state index in [0.29, 0.717) is 6.54 Å². The first-order valence-electron chi connectivity index (χ1n) is 9.78. The molecule has 1 aromatic rings. The maximum absolute atomic E-state index is 12.5. The predicted octanol–water partition coefficient (Wildman–Crippen LogP) is 2.89. The van der Waals surface area contributed by atoms with Crippen molar-refractivity contribution in [1.82, 2.24) is 15.5 Å². The average Bonchev–Trinajstić information content (AvgIpc) is 3.04. The number of furan rings is 1. The van der Waals surface area contributed by atoms with Gasteiger partial charge in [-0.15, -0.1) is 0 Å². The minimum Gasteiger partial charge on any atom is -0.468 e. The van der Waals surface area contributed by atoms with E-state index >= 15 is 0 Å². The molecule has 4 aliphatic rings. The van der Waals surface area contributed by atoms with E-state index in [1.54, 1.807) is 13.2 Å². The van der Waals surface area contributed by atoms with Crippen LogP contribution < -0.4 is 10.6 Å². The quantitative estimate of drug-likeness (QED) is 0.848. The third-order valence-electron chi connectivity index (χ3n) is 6.68. The Kier molecular flexibility index (Phi) is 4.55. The van der Waals surface area contributed by atoms with E-state index in [-0.39, 0.29) is 17.5 Å². The monoisotopic (exact) mass is 359 g/mol. The van der Waals surface area contributed by atoms with Gasteiger partial charge >= 0.3 is 6.03 Å². The molecule has 0 radical (unpaired) electrons. The molecule has 1 heterocycles. The minimum absolute atomic E-state index is 0.0809. The molecule has 0 aliphatic heterocycles. The number of nitrogens with one attached hydrogen (secondary N) is 2. The van der Waals surface area contributed by atoms with E-state index < -0.39 is 6.04 Å². The highest BCUT2D eigenvalue weighted by Gasteiger charge is 2.51. The van der Waals surface area contributed by atoms with Crippen LogP contribution in [0.3, 0.4) is 0 Å². The Morgan fingerprint density at radius 3 is 2.38 bits per heavy atom. The highest BCUT2D eigenvalue weighted by Crippen LogP contribution is 2.55. The molecule has 4 aliphatic carbocycles. The molecule has 2 N–H and O–H groups in total. The van der Waals surface area contributed by atoms with E-state index in [0.717, 1.165) is 42.8 Å². The highest BCUT2D eigenvalue weighted by atomic mass is 16.3. The second-order valence-corrected chi connectivity index (χ2v) is 8.81. The van der Waals surface area contributed by atoms with Gasteiger partial charge < -0.3 is 9.73 Å². The third-order valence-corrected chi connectivity index (χ3v) is 6.68. The van der Waals surface area contributed by atoms with E-state index in [2.05, 4.69) is 10.6 Å². The third kappa shape index (κ3) is 3.52. The van der Waals surface area contributed by atoms with Gasteiger partial charge in [0, 0.05) is 5.54 Å². The van der Waals surface area contributed by atoms with Crippen LogP contribution in [0.5, 0.6) is 0 Å². The van der Waals surface area contributed by atoms with Crippen molar-refractivity contribution in [3.8, 4) is 0 Å². The fourth-order valence-corrected chi connectivity index (χ4v) is 5.74. The second-order valence-electron chi connectivity index (χ2n) is 8.81. The molecular weight excluding hydrogens is 330 g/mol. The molecule has 4 saturated carbocycles. The van der Waals surface area contributed by atoms with Crippen LogP contribution in [0, 0.1) is 17.8 Å². The summed E-state index contributed by atoms with van der Waals surface area (Å²) in [4.78, 5) is 26.8. The molecule has 1 atom stereocenters. The van der Waals surface area contributed by atoms with Crippen LogP contribution in [0.25, 0.3) is 0 Å². The SMILES string of the molecule is CC(C(=O)NC(=O)NC12CC3CC(CC(C3)C1)C2)N(C)Cc1ccco1. The topological polar surface area (TPSA) is 74.6 Å².